The number of thioether (sulfide) groups is 2. The van der Waals surface area contributed by atoms with Crippen molar-refractivity contribution in [1.82, 2.24) is 4.90 Å². The Labute approximate surface area is 146 Å². The summed E-state index contributed by atoms with van der Waals surface area (Å²) >= 11 is 3.70. The van der Waals surface area contributed by atoms with Crippen LogP contribution in [-0.4, -0.2) is 41.5 Å². The van der Waals surface area contributed by atoms with Gasteiger partial charge in [0.1, 0.15) is 0 Å². The molecule has 2 aromatic rings. The topological polar surface area (TPSA) is 20.3 Å². The molecule has 4 heteroatoms. The van der Waals surface area contributed by atoms with Crippen LogP contribution in [0.15, 0.2) is 53.4 Å². The molecule has 2 aromatic carbocycles. The van der Waals surface area contributed by atoms with Crippen LogP contribution in [0.5, 0.6) is 0 Å². The number of carbonyl (C=O) groups excluding carboxylic acids is 1. The Hall–Kier alpha value is -1.23. The molecule has 0 spiro atoms. The van der Waals surface area contributed by atoms with Gasteiger partial charge < -0.3 is 0 Å². The fourth-order valence-electron chi connectivity index (χ4n) is 2.78. The number of carbonyl (C=O) groups is 1. The molecule has 0 radical (unpaired) electrons. The second-order valence-corrected chi connectivity index (χ2v) is 7.71. The summed E-state index contributed by atoms with van der Waals surface area (Å²) in [6, 6.07) is 15.9. The van der Waals surface area contributed by atoms with Crippen LogP contribution in [-0.2, 0) is 6.54 Å². The van der Waals surface area contributed by atoms with E-state index in [9.17, 15) is 4.79 Å². The summed E-state index contributed by atoms with van der Waals surface area (Å²) in [6.07, 6.45) is 2.04. The van der Waals surface area contributed by atoms with E-state index in [1.165, 1.54) is 16.4 Å². The third-order valence-corrected chi connectivity index (χ3v) is 5.80. The van der Waals surface area contributed by atoms with Crippen LogP contribution in [0.25, 0.3) is 0 Å². The molecule has 0 aromatic heterocycles. The van der Waals surface area contributed by atoms with Gasteiger partial charge >= 0.3 is 0 Å². The summed E-state index contributed by atoms with van der Waals surface area (Å²) in [6.45, 7) is 3.08. The first-order chi connectivity index (χ1) is 11.3. The lowest BCUT2D eigenvalue weighted by Gasteiger charge is -2.26. The standard InChI is InChI=1S/C19H21NOS2/c1-22-17-8-6-15(7-9-17)19(21)18-5-3-2-4-16(18)14-20-10-12-23-13-11-20/h2-9H,10-14H2,1H3. The van der Waals surface area contributed by atoms with Gasteiger partial charge in [-0.25, -0.2) is 0 Å². The molecule has 1 saturated heterocycles. The molecule has 2 nitrogen and oxygen atoms in total. The average Bonchev–Trinajstić information content (AvgIpc) is 2.62. The predicted molar refractivity (Wildman–Crippen MR) is 101 cm³/mol. The van der Waals surface area contributed by atoms with E-state index in [2.05, 4.69) is 11.0 Å². The lowest BCUT2D eigenvalue weighted by atomic mass is 9.98. The van der Waals surface area contributed by atoms with Crippen molar-refractivity contribution < 1.29 is 4.79 Å². The Morgan fingerprint density at radius 3 is 2.48 bits per heavy atom. The molecular formula is C19H21NOS2. The van der Waals surface area contributed by atoms with Crippen molar-refractivity contribution in [3.63, 3.8) is 0 Å². The Kier molecular flexibility index (Phi) is 5.81. The summed E-state index contributed by atoms with van der Waals surface area (Å²) in [5.41, 5.74) is 2.74. The van der Waals surface area contributed by atoms with Crippen molar-refractivity contribution >= 4 is 29.3 Å². The maximum Gasteiger partial charge on any atom is 0.193 e. The Morgan fingerprint density at radius 2 is 1.78 bits per heavy atom. The van der Waals surface area contributed by atoms with Gasteiger partial charge in [0.15, 0.2) is 5.78 Å². The quantitative estimate of drug-likeness (QED) is 0.599. The second-order valence-electron chi connectivity index (χ2n) is 5.60. The van der Waals surface area contributed by atoms with Crippen molar-refractivity contribution in [3.05, 3.63) is 65.2 Å². The Morgan fingerprint density at radius 1 is 1.09 bits per heavy atom. The first-order valence-corrected chi connectivity index (χ1v) is 10.2. The van der Waals surface area contributed by atoms with Crippen molar-refractivity contribution in [2.45, 2.75) is 11.4 Å². The fourth-order valence-corrected chi connectivity index (χ4v) is 4.16. The highest BCUT2D eigenvalue weighted by Crippen LogP contribution is 2.21. The summed E-state index contributed by atoms with van der Waals surface area (Å²) in [5.74, 6) is 2.50. The number of hydrogen-bond donors (Lipinski definition) is 0. The number of rotatable bonds is 5. The highest BCUT2D eigenvalue weighted by molar-refractivity contribution is 7.99. The fraction of sp³-hybridized carbons (Fsp3) is 0.316. The molecule has 0 aliphatic carbocycles. The molecule has 0 unspecified atom stereocenters. The summed E-state index contributed by atoms with van der Waals surface area (Å²) in [5, 5.41) is 0. The molecule has 23 heavy (non-hydrogen) atoms. The van der Waals surface area contributed by atoms with Gasteiger partial charge in [0.25, 0.3) is 0 Å². The van der Waals surface area contributed by atoms with Gasteiger partial charge in [0.05, 0.1) is 0 Å². The van der Waals surface area contributed by atoms with E-state index in [0.29, 0.717) is 0 Å². The van der Waals surface area contributed by atoms with E-state index in [1.807, 2.05) is 60.5 Å². The van der Waals surface area contributed by atoms with Crippen molar-refractivity contribution in [1.29, 1.82) is 0 Å². The normalized spacial score (nSPS) is 15.5. The molecule has 1 fully saturated rings. The van der Waals surface area contributed by atoms with Crippen LogP contribution in [0.1, 0.15) is 21.5 Å². The van der Waals surface area contributed by atoms with Gasteiger partial charge in [-0.3, -0.25) is 9.69 Å². The molecule has 1 heterocycles. The minimum absolute atomic E-state index is 0.125. The zero-order chi connectivity index (χ0) is 16.1. The zero-order valence-electron chi connectivity index (χ0n) is 13.3. The maximum atomic E-state index is 12.9. The first-order valence-electron chi connectivity index (χ1n) is 7.84. The van der Waals surface area contributed by atoms with Gasteiger partial charge in [-0.15, -0.1) is 11.8 Å². The van der Waals surface area contributed by atoms with Crippen LogP contribution in [0.3, 0.4) is 0 Å². The van der Waals surface area contributed by atoms with Crippen molar-refractivity contribution in [3.8, 4) is 0 Å². The minimum atomic E-state index is 0.125. The molecule has 0 amide bonds. The third kappa shape index (κ3) is 4.19. The van der Waals surface area contributed by atoms with Gasteiger partial charge in [-0.05, 0) is 36.1 Å². The van der Waals surface area contributed by atoms with E-state index in [-0.39, 0.29) is 5.78 Å². The second kappa shape index (κ2) is 8.04. The van der Waals surface area contributed by atoms with Crippen molar-refractivity contribution in [2.75, 3.05) is 30.9 Å². The van der Waals surface area contributed by atoms with Crippen LogP contribution in [0.2, 0.25) is 0 Å². The molecule has 0 atom stereocenters. The highest BCUT2D eigenvalue weighted by Gasteiger charge is 2.17. The Balaban J connectivity index is 1.81. The van der Waals surface area contributed by atoms with Gasteiger partial charge in [0.2, 0.25) is 0 Å². The number of ketones is 1. The zero-order valence-corrected chi connectivity index (χ0v) is 15.0. The minimum Gasteiger partial charge on any atom is -0.297 e. The van der Waals surface area contributed by atoms with Crippen LogP contribution in [0, 0.1) is 0 Å². The molecule has 0 N–H and O–H groups in total. The number of hydrogen-bond acceptors (Lipinski definition) is 4. The average molecular weight is 344 g/mol. The highest BCUT2D eigenvalue weighted by atomic mass is 32.2. The van der Waals surface area contributed by atoms with Gasteiger partial charge in [0, 0.05) is 47.2 Å². The van der Waals surface area contributed by atoms with Gasteiger partial charge in [-0.2, -0.15) is 11.8 Å². The van der Waals surface area contributed by atoms with E-state index in [1.54, 1.807) is 11.8 Å². The predicted octanol–water partition coefficient (Wildman–Crippen LogP) is 4.19. The van der Waals surface area contributed by atoms with E-state index in [4.69, 9.17) is 0 Å². The monoisotopic (exact) mass is 343 g/mol. The summed E-state index contributed by atoms with van der Waals surface area (Å²) < 4.78 is 0. The first kappa shape index (κ1) is 16.6. The van der Waals surface area contributed by atoms with Crippen LogP contribution >= 0.6 is 23.5 Å². The summed E-state index contributed by atoms with van der Waals surface area (Å²) in [7, 11) is 0. The molecule has 120 valence electrons. The van der Waals surface area contributed by atoms with Gasteiger partial charge in [-0.1, -0.05) is 24.3 Å². The maximum absolute atomic E-state index is 12.9. The van der Waals surface area contributed by atoms with E-state index in [0.717, 1.165) is 36.3 Å². The SMILES string of the molecule is CSc1ccc(C(=O)c2ccccc2CN2CCSCC2)cc1. The molecular weight excluding hydrogens is 322 g/mol. The van der Waals surface area contributed by atoms with E-state index >= 15 is 0 Å². The molecule has 1 aliphatic rings. The lowest BCUT2D eigenvalue weighted by Crippen LogP contribution is -2.32. The lowest BCUT2D eigenvalue weighted by molar-refractivity contribution is 0.103. The van der Waals surface area contributed by atoms with Crippen LogP contribution in [0.4, 0.5) is 0 Å². The third-order valence-electron chi connectivity index (χ3n) is 4.11. The van der Waals surface area contributed by atoms with E-state index < -0.39 is 0 Å². The molecule has 0 bridgehead atoms. The molecule has 0 saturated carbocycles. The molecule has 1 aliphatic heterocycles. The van der Waals surface area contributed by atoms with Crippen LogP contribution < -0.4 is 0 Å². The van der Waals surface area contributed by atoms with Crippen molar-refractivity contribution in [2.24, 2.45) is 0 Å². The Bertz CT molecular complexity index is 663. The molecule has 3 rings (SSSR count). The smallest absolute Gasteiger partial charge is 0.193 e. The summed E-state index contributed by atoms with van der Waals surface area (Å²) in [4.78, 5) is 16.5. The largest absolute Gasteiger partial charge is 0.297 e. The number of nitrogens with zero attached hydrogens (tertiary/aromatic N) is 1. The number of benzene rings is 2.